The van der Waals surface area contributed by atoms with Gasteiger partial charge in [0.1, 0.15) is 11.6 Å². The Morgan fingerprint density at radius 2 is 1.97 bits per heavy atom. The molecule has 0 radical (unpaired) electrons. The molecule has 38 heavy (non-hydrogen) atoms. The Morgan fingerprint density at radius 3 is 2.87 bits per heavy atom. The van der Waals surface area contributed by atoms with Gasteiger partial charge < -0.3 is 15.0 Å². The van der Waals surface area contributed by atoms with Crippen molar-refractivity contribution in [2.45, 2.75) is 37.8 Å². The Bertz CT molecular complexity index is 1670. The van der Waals surface area contributed by atoms with Crippen LogP contribution in [0.15, 0.2) is 59.8 Å². The standard InChI is InChI=1S/C28H27N5O4S/c1-18-11-19-3-2-8-33(27(19)30-14-18)26-7-6-21-15-29-23(13-24(21)32-26)16-31-28(34)20-4-5-22-17-37-9-10-38(35,36)25(22)12-20/h4-7,11-15H,2-3,8-10,16-17H2,1H3,(H,31,34). The van der Waals surface area contributed by atoms with Crippen LogP contribution in [0, 0.1) is 6.92 Å². The van der Waals surface area contributed by atoms with Gasteiger partial charge in [-0.1, -0.05) is 12.1 Å². The normalized spacial score (nSPS) is 16.4. The number of benzene rings is 1. The summed E-state index contributed by atoms with van der Waals surface area (Å²) in [6, 6.07) is 12.7. The number of aromatic nitrogens is 3. The maximum absolute atomic E-state index is 12.9. The number of hydrogen-bond acceptors (Lipinski definition) is 8. The third-order valence-electron chi connectivity index (χ3n) is 6.90. The molecule has 5 heterocycles. The fraction of sp³-hybridized carbons (Fsp3) is 0.286. The van der Waals surface area contributed by atoms with Gasteiger partial charge in [-0.2, -0.15) is 0 Å². The highest BCUT2D eigenvalue weighted by atomic mass is 32.2. The number of rotatable bonds is 4. The Balaban J connectivity index is 1.22. The lowest BCUT2D eigenvalue weighted by molar-refractivity contribution is 0.0950. The van der Waals surface area contributed by atoms with E-state index < -0.39 is 9.84 Å². The molecule has 0 fully saturated rings. The third-order valence-corrected chi connectivity index (χ3v) is 8.66. The van der Waals surface area contributed by atoms with E-state index in [2.05, 4.69) is 33.2 Å². The SMILES string of the molecule is Cc1cnc2c(c1)CCCN2c1ccc2cnc(CNC(=O)c3ccc4c(c3)S(=O)(=O)CCOC4)cc2n1. The molecule has 6 rings (SSSR count). The van der Waals surface area contributed by atoms with E-state index in [4.69, 9.17) is 9.72 Å². The zero-order chi connectivity index (χ0) is 26.3. The molecule has 1 amide bonds. The minimum absolute atomic E-state index is 0.0974. The number of anilines is 2. The van der Waals surface area contributed by atoms with E-state index in [1.807, 2.05) is 24.4 Å². The van der Waals surface area contributed by atoms with Crippen LogP contribution in [0.1, 0.15) is 39.2 Å². The van der Waals surface area contributed by atoms with E-state index in [1.54, 1.807) is 18.3 Å². The monoisotopic (exact) mass is 529 g/mol. The van der Waals surface area contributed by atoms with Crippen LogP contribution in [0.25, 0.3) is 10.9 Å². The van der Waals surface area contributed by atoms with Crippen LogP contribution in [0.5, 0.6) is 0 Å². The molecule has 0 bridgehead atoms. The van der Waals surface area contributed by atoms with E-state index in [0.717, 1.165) is 47.5 Å². The number of hydrogen-bond donors (Lipinski definition) is 1. The van der Waals surface area contributed by atoms with Gasteiger partial charge in [-0.15, -0.1) is 0 Å². The van der Waals surface area contributed by atoms with Crippen molar-refractivity contribution in [1.29, 1.82) is 0 Å². The predicted molar refractivity (Wildman–Crippen MR) is 143 cm³/mol. The van der Waals surface area contributed by atoms with Crippen LogP contribution >= 0.6 is 0 Å². The second-order valence-electron chi connectivity index (χ2n) is 9.67. The number of fused-ring (bicyclic) bond motifs is 3. The number of ether oxygens (including phenoxy) is 1. The lowest BCUT2D eigenvalue weighted by atomic mass is 10.0. The number of carbonyl (C=O) groups is 1. The van der Waals surface area contributed by atoms with Gasteiger partial charge >= 0.3 is 0 Å². The minimum Gasteiger partial charge on any atom is -0.376 e. The van der Waals surface area contributed by atoms with Gasteiger partial charge in [-0.3, -0.25) is 9.78 Å². The summed E-state index contributed by atoms with van der Waals surface area (Å²) in [5.74, 6) is 1.30. The number of nitrogens with zero attached hydrogens (tertiary/aromatic N) is 4. The van der Waals surface area contributed by atoms with Crippen molar-refractivity contribution in [3.63, 3.8) is 0 Å². The number of aryl methyl sites for hydroxylation is 2. The average Bonchev–Trinajstić information content (AvgIpc) is 3.08. The molecule has 3 aromatic heterocycles. The minimum atomic E-state index is -3.49. The van der Waals surface area contributed by atoms with Crippen molar-refractivity contribution in [2.24, 2.45) is 0 Å². The lowest BCUT2D eigenvalue weighted by Crippen LogP contribution is -2.26. The van der Waals surface area contributed by atoms with Crippen molar-refractivity contribution in [3.8, 4) is 0 Å². The molecule has 0 aliphatic carbocycles. The van der Waals surface area contributed by atoms with Gasteiger partial charge in [0.25, 0.3) is 5.91 Å². The van der Waals surface area contributed by atoms with Crippen LogP contribution in [0.3, 0.4) is 0 Å². The number of amides is 1. The van der Waals surface area contributed by atoms with E-state index in [-0.39, 0.29) is 41.9 Å². The van der Waals surface area contributed by atoms with E-state index in [9.17, 15) is 13.2 Å². The highest BCUT2D eigenvalue weighted by molar-refractivity contribution is 7.91. The lowest BCUT2D eigenvalue weighted by Gasteiger charge is -2.29. The van der Waals surface area contributed by atoms with Crippen molar-refractivity contribution in [1.82, 2.24) is 20.3 Å². The van der Waals surface area contributed by atoms with Gasteiger partial charge in [0.2, 0.25) is 0 Å². The molecule has 0 unspecified atom stereocenters. The Hall–Kier alpha value is -3.89. The molecule has 1 aromatic carbocycles. The molecule has 0 atom stereocenters. The molecule has 0 saturated carbocycles. The first kappa shape index (κ1) is 24.4. The molecular formula is C28H27N5O4S. The summed E-state index contributed by atoms with van der Waals surface area (Å²) >= 11 is 0. The number of nitrogens with one attached hydrogen (secondary N) is 1. The summed E-state index contributed by atoms with van der Waals surface area (Å²) < 4.78 is 30.5. The molecule has 0 spiro atoms. The topological polar surface area (TPSA) is 114 Å². The van der Waals surface area contributed by atoms with Crippen molar-refractivity contribution < 1.29 is 17.9 Å². The molecule has 2 aliphatic rings. The zero-order valence-corrected chi connectivity index (χ0v) is 21.8. The fourth-order valence-electron chi connectivity index (χ4n) is 4.94. The quantitative estimate of drug-likeness (QED) is 0.426. The Kier molecular flexibility index (Phi) is 6.29. The number of pyridine rings is 3. The van der Waals surface area contributed by atoms with Crippen LogP contribution in [-0.4, -0.2) is 48.2 Å². The molecule has 10 heteroatoms. The highest BCUT2D eigenvalue weighted by Crippen LogP contribution is 2.32. The van der Waals surface area contributed by atoms with E-state index >= 15 is 0 Å². The van der Waals surface area contributed by atoms with Crippen molar-refractivity contribution >= 4 is 38.3 Å². The largest absolute Gasteiger partial charge is 0.376 e. The van der Waals surface area contributed by atoms with Gasteiger partial charge in [-0.05, 0) is 66.8 Å². The molecule has 0 saturated heterocycles. The first-order valence-corrected chi connectivity index (χ1v) is 14.2. The van der Waals surface area contributed by atoms with Gasteiger partial charge in [0.05, 0.1) is 41.6 Å². The summed E-state index contributed by atoms with van der Waals surface area (Å²) in [6.45, 7) is 3.43. The Morgan fingerprint density at radius 1 is 1.08 bits per heavy atom. The average molecular weight is 530 g/mol. The predicted octanol–water partition coefficient (Wildman–Crippen LogP) is 3.65. The molecular weight excluding hydrogens is 502 g/mol. The van der Waals surface area contributed by atoms with Crippen LogP contribution in [0.4, 0.5) is 11.6 Å². The van der Waals surface area contributed by atoms with Gasteiger partial charge in [-0.25, -0.2) is 18.4 Å². The maximum atomic E-state index is 12.9. The van der Waals surface area contributed by atoms with Crippen molar-refractivity contribution in [2.75, 3.05) is 23.8 Å². The zero-order valence-electron chi connectivity index (χ0n) is 21.0. The fourth-order valence-corrected chi connectivity index (χ4v) is 6.33. The van der Waals surface area contributed by atoms with Crippen LogP contribution in [0.2, 0.25) is 0 Å². The smallest absolute Gasteiger partial charge is 0.251 e. The maximum Gasteiger partial charge on any atom is 0.251 e. The van der Waals surface area contributed by atoms with Crippen molar-refractivity contribution in [3.05, 3.63) is 82.8 Å². The summed E-state index contributed by atoms with van der Waals surface area (Å²) in [4.78, 5) is 29.2. The second kappa shape index (κ2) is 9.77. The first-order chi connectivity index (χ1) is 18.4. The molecule has 2 aliphatic heterocycles. The molecule has 9 nitrogen and oxygen atoms in total. The second-order valence-corrected chi connectivity index (χ2v) is 11.7. The van der Waals surface area contributed by atoms with Crippen LogP contribution in [-0.2, 0) is 34.1 Å². The first-order valence-electron chi connectivity index (χ1n) is 12.6. The third kappa shape index (κ3) is 4.72. The molecule has 194 valence electrons. The number of carbonyl (C=O) groups excluding carboxylic acids is 1. The summed E-state index contributed by atoms with van der Waals surface area (Å²) in [6.07, 6.45) is 5.67. The molecule has 1 N–H and O–H groups in total. The summed E-state index contributed by atoms with van der Waals surface area (Å²) in [5, 5.41) is 3.75. The van der Waals surface area contributed by atoms with Gasteiger partial charge in [0, 0.05) is 29.9 Å². The molecule has 4 aromatic rings. The van der Waals surface area contributed by atoms with E-state index in [0.29, 0.717) is 11.3 Å². The number of sulfone groups is 1. The summed E-state index contributed by atoms with van der Waals surface area (Å²) in [7, 11) is -3.49. The van der Waals surface area contributed by atoms with Crippen LogP contribution < -0.4 is 10.2 Å². The van der Waals surface area contributed by atoms with Gasteiger partial charge in [0.15, 0.2) is 9.84 Å². The Labute approximate surface area is 220 Å². The van der Waals surface area contributed by atoms with E-state index in [1.165, 1.54) is 11.6 Å². The summed E-state index contributed by atoms with van der Waals surface area (Å²) in [5.41, 5.74) is 4.66. The highest BCUT2D eigenvalue weighted by Gasteiger charge is 2.24.